The lowest BCUT2D eigenvalue weighted by Gasteiger charge is -2.08. The van der Waals surface area contributed by atoms with Gasteiger partial charge in [-0.1, -0.05) is 0 Å². The lowest BCUT2D eigenvalue weighted by Crippen LogP contribution is -2.14. The Labute approximate surface area is 89.0 Å². The summed E-state index contributed by atoms with van der Waals surface area (Å²) >= 11 is 0. The van der Waals surface area contributed by atoms with Gasteiger partial charge in [0.1, 0.15) is 0 Å². The van der Waals surface area contributed by atoms with Crippen LogP contribution in [-0.2, 0) is 0 Å². The molecule has 0 bridgehead atoms. The summed E-state index contributed by atoms with van der Waals surface area (Å²) < 4.78 is 5.79. The fourth-order valence-electron chi connectivity index (χ4n) is 1.07. The number of aromatic hydroxyl groups is 1. The summed E-state index contributed by atoms with van der Waals surface area (Å²) in [5, 5.41) is 20.7. The van der Waals surface area contributed by atoms with Gasteiger partial charge in [-0.05, 0) is 32.0 Å². The molecule has 0 radical (unpaired) electrons. The molecule has 0 unspecified atom stereocenters. The Balaban J connectivity index is 3.02. The predicted molar refractivity (Wildman–Crippen MR) is 58.6 cm³/mol. The van der Waals surface area contributed by atoms with E-state index in [1.54, 1.807) is 26.0 Å². The third kappa shape index (κ3) is 2.87. The standard InChI is InChI=1S/C11H15NO3/c1-8(2)12(14)7-9-4-5-10(13)11(6-9)15-3/h4-8,13H,1-3H3/b12-7+. The molecule has 0 heterocycles. The highest BCUT2D eigenvalue weighted by molar-refractivity contribution is 5.77. The van der Waals surface area contributed by atoms with E-state index in [0.717, 1.165) is 4.74 Å². The summed E-state index contributed by atoms with van der Waals surface area (Å²) in [5.74, 6) is 0.428. The van der Waals surface area contributed by atoms with E-state index < -0.39 is 0 Å². The molecule has 15 heavy (non-hydrogen) atoms. The first-order chi connectivity index (χ1) is 7.04. The van der Waals surface area contributed by atoms with Crippen molar-refractivity contribution in [2.24, 2.45) is 0 Å². The minimum atomic E-state index is -0.107. The highest BCUT2D eigenvalue weighted by atomic mass is 16.5. The molecule has 82 valence electrons. The molecule has 0 atom stereocenters. The van der Waals surface area contributed by atoms with Crippen LogP contribution in [0.15, 0.2) is 18.2 Å². The fraction of sp³-hybridized carbons (Fsp3) is 0.364. The number of hydrogen-bond donors (Lipinski definition) is 1. The maximum atomic E-state index is 11.4. The second kappa shape index (κ2) is 4.68. The van der Waals surface area contributed by atoms with E-state index in [1.165, 1.54) is 19.4 Å². The minimum Gasteiger partial charge on any atom is -0.624 e. The van der Waals surface area contributed by atoms with Crippen molar-refractivity contribution in [3.63, 3.8) is 0 Å². The Kier molecular flexibility index (Phi) is 3.55. The van der Waals surface area contributed by atoms with Gasteiger partial charge in [0.05, 0.1) is 7.11 Å². The van der Waals surface area contributed by atoms with E-state index in [4.69, 9.17) is 4.74 Å². The summed E-state index contributed by atoms with van der Waals surface area (Å²) in [6, 6.07) is 4.66. The normalized spacial score (nSPS) is 11.9. The number of rotatable bonds is 3. The zero-order chi connectivity index (χ0) is 11.4. The van der Waals surface area contributed by atoms with E-state index >= 15 is 0 Å². The first-order valence-electron chi connectivity index (χ1n) is 4.72. The Bertz CT molecular complexity index is 372. The third-order valence-corrected chi connectivity index (χ3v) is 1.99. The van der Waals surface area contributed by atoms with E-state index in [1.807, 2.05) is 0 Å². The molecule has 0 aliphatic carbocycles. The van der Waals surface area contributed by atoms with Crippen LogP contribution < -0.4 is 4.74 Å². The number of ether oxygens (including phenoxy) is 1. The zero-order valence-electron chi connectivity index (χ0n) is 9.10. The molecule has 0 aromatic heterocycles. The van der Waals surface area contributed by atoms with Gasteiger partial charge in [-0.15, -0.1) is 0 Å². The molecule has 0 aliphatic heterocycles. The minimum absolute atomic E-state index is 0.0663. The second-order valence-corrected chi connectivity index (χ2v) is 3.51. The smallest absolute Gasteiger partial charge is 0.182 e. The number of phenols is 1. The molecule has 0 saturated heterocycles. The SMILES string of the molecule is COc1cc(/C=[N+](/[O-])C(C)C)ccc1O. The molecule has 0 aliphatic rings. The van der Waals surface area contributed by atoms with E-state index in [9.17, 15) is 10.3 Å². The van der Waals surface area contributed by atoms with E-state index in [0.29, 0.717) is 11.3 Å². The van der Waals surface area contributed by atoms with Crippen LogP contribution in [0.25, 0.3) is 0 Å². The number of benzene rings is 1. The molecule has 0 fully saturated rings. The molecule has 1 aromatic rings. The third-order valence-electron chi connectivity index (χ3n) is 1.99. The Morgan fingerprint density at radius 1 is 1.47 bits per heavy atom. The number of phenolic OH excluding ortho intramolecular Hbond substituents is 1. The van der Waals surface area contributed by atoms with Gasteiger partial charge >= 0.3 is 0 Å². The van der Waals surface area contributed by atoms with Crippen LogP contribution in [0.5, 0.6) is 11.5 Å². The number of hydrogen-bond acceptors (Lipinski definition) is 3. The van der Waals surface area contributed by atoms with Gasteiger partial charge in [-0.3, -0.25) is 0 Å². The first-order valence-corrected chi connectivity index (χ1v) is 4.72. The van der Waals surface area contributed by atoms with Crippen LogP contribution in [0.4, 0.5) is 0 Å². The van der Waals surface area contributed by atoms with Gasteiger partial charge in [0, 0.05) is 5.56 Å². The lowest BCUT2D eigenvalue weighted by atomic mass is 10.2. The number of hydroxylamine groups is 1. The molecule has 4 nitrogen and oxygen atoms in total. The average Bonchev–Trinajstić information content (AvgIpc) is 2.20. The summed E-state index contributed by atoms with van der Waals surface area (Å²) in [6.07, 6.45) is 1.46. The van der Waals surface area contributed by atoms with Crippen molar-refractivity contribution in [2.75, 3.05) is 7.11 Å². The quantitative estimate of drug-likeness (QED) is 0.357. The van der Waals surface area contributed by atoms with Crippen molar-refractivity contribution >= 4 is 6.21 Å². The maximum absolute atomic E-state index is 11.4. The molecule has 4 heteroatoms. The average molecular weight is 209 g/mol. The van der Waals surface area contributed by atoms with Crippen molar-refractivity contribution in [2.45, 2.75) is 19.9 Å². The topological polar surface area (TPSA) is 55.5 Å². The van der Waals surface area contributed by atoms with Gasteiger partial charge in [-0.2, -0.15) is 0 Å². The Morgan fingerprint density at radius 3 is 2.67 bits per heavy atom. The highest BCUT2D eigenvalue weighted by Gasteiger charge is 2.05. The van der Waals surface area contributed by atoms with Crippen LogP contribution in [0.3, 0.4) is 0 Å². The summed E-state index contributed by atoms with van der Waals surface area (Å²) in [4.78, 5) is 0. The van der Waals surface area contributed by atoms with Crippen LogP contribution in [0.2, 0.25) is 0 Å². The van der Waals surface area contributed by atoms with Crippen LogP contribution in [-0.4, -0.2) is 29.2 Å². The highest BCUT2D eigenvalue weighted by Crippen LogP contribution is 2.25. The summed E-state index contributed by atoms with van der Waals surface area (Å²) in [5.41, 5.74) is 0.702. The van der Waals surface area contributed by atoms with Gasteiger partial charge in [0.15, 0.2) is 23.8 Å². The van der Waals surface area contributed by atoms with Gasteiger partial charge in [0.2, 0.25) is 0 Å². The zero-order valence-corrected chi connectivity index (χ0v) is 9.10. The summed E-state index contributed by atoms with van der Waals surface area (Å²) in [6.45, 7) is 3.61. The molecule has 0 spiro atoms. The largest absolute Gasteiger partial charge is 0.624 e. The van der Waals surface area contributed by atoms with E-state index in [2.05, 4.69) is 0 Å². The van der Waals surface area contributed by atoms with Crippen LogP contribution in [0.1, 0.15) is 19.4 Å². The van der Waals surface area contributed by atoms with Gasteiger partial charge in [0.25, 0.3) is 0 Å². The van der Waals surface area contributed by atoms with Crippen molar-refractivity contribution in [3.8, 4) is 11.5 Å². The monoisotopic (exact) mass is 209 g/mol. The Morgan fingerprint density at radius 2 is 2.13 bits per heavy atom. The lowest BCUT2D eigenvalue weighted by molar-refractivity contribution is -0.487. The molecule has 1 aromatic carbocycles. The first kappa shape index (κ1) is 11.4. The molecule has 0 saturated carbocycles. The number of nitrogens with zero attached hydrogens (tertiary/aromatic N) is 1. The fourth-order valence-corrected chi connectivity index (χ4v) is 1.07. The molecule has 0 amide bonds. The van der Waals surface area contributed by atoms with Gasteiger partial charge in [-0.25, -0.2) is 4.74 Å². The van der Waals surface area contributed by atoms with E-state index in [-0.39, 0.29) is 11.8 Å². The summed E-state index contributed by atoms with van der Waals surface area (Å²) in [7, 11) is 1.47. The maximum Gasteiger partial charge on any atom is 0.182 e. The Hall–Kier alpha value is -1.71. The molecular weight excluding hydrogens is 194 g/mol. The van der Waals surface area contributed by atoms with Crippen molar-refractivity contribution in [1.29, 1.82) is 0 Å². The van der Waals surface area contributed by atoms with Crippen LogP contribution in [0, 0.1) is 5.21 Å². The van der Waals surface area contributed by atoms with Crippen molar-refractivity contribution in [3.05, 3.63) is 29.0 Å². The second-order valence-electron chi connectivity index (χ2n) is 3.51. The predicted octanol–water partition coefficient (Wildman–Crippen LogP) is 1.74. The molecular formula is C11H15NO3. The number of methoxy groups -OCH3 is 1. The van der Waals surface area contributed by atoms with Crippen molar-refractivity contribution < 1.29 is 14.6 Å². The van der Waals surface area contributed by atoms with Gasteiger partial charge < -0.3 is 15.1 Å². The van der Waals surface area contributed by atoms with Crippen LogP contribution >= 0.6 is 0 Å². The molecule has 1 rings (SSSR count). The molecule has 1 N–H and O–H groups in total. The van der Waals surface area contributed by atoms with Crippen molar-refractivity contribution in [1.82, 2.24) is 0 Å².